The summed E-state index contributed by atoms with van der Waals surface area (Å²) >= 11 is 0. The molecule has 0 aliphatic heterocycles. The fourth-order valence-electron chi connectivity index (χ4n) is 2.28. The van der Waals surface area contributed by atoms with Gasteiger partial charge >= 0.3 is 5.97 Å². The molecule has 0 unspecified atom stereocenters. The molecule has 0 saturated heterocycles. The molecule has 6 nitrogen and oxygen atoms in total. The first-order valence-electron chi connectivity index (χ1n) is 6.35. The van der Waals surface area contributed by atoms with Crippen LogP contribution < -0.4 is 4.74 Å². The summed E-state index contributed by atoms with van der Waals surface area (Å²) in [5, 5.41) is 9.30. The first-order chi connectivity index (χ1) is 10.2. The molecule has 0 saturated carbocycles. The molecular weight excluding hydrogens is 270 g/mol. The highest BCUT2D eigenvalue weighted by molar-refractivity contribution is 6.01. The van der Waals surface area contributed by atoms with Gasteiger partial charge in [-0.15, -0.1) is 0 Å². The number of nitrogens with zero attached hydrogens (tertiary/aromatic N) is 3. The van der Waals surface area contributed by atoms with Gasteiger partial charge in [0, 0.05) is 18.8 Å². The molecule has 6 heteroatoms. The summed E-state index contributed by atoms with van der Waals surface area (Å²) in [6.07, 6.45) is 3.30. The molecule has 0 aliphatic carbocycles. The summed E-state index contributed by atoms with van der Waals surface area (Å²) in [5.41, 5.74) is 2.48. The Morgan fingerprint density at radius 2 is 2.19 bits per heavy atom. The zero-order chi connectivity index (χ0) is 14.8. The maximum atomic E-state index is 11.3. The highest BCUT2D eigenvalue weighted by atomic mass is 16.5. The zero-order valence-corrected chi connectivity index (χ0v) is 11.4. The number of aromatic nitrogens is 3. The Morgan fingerprint density at radius 3 is 2.95 bits per heavy atom. The molecule has 21 heavy (non-hydrogen) atoms. The van der Waals surface area contributed by atoms with E-state index in [2.05, 4.69) is 9.97 Å². The van der Waals surface area contributed by atoms with Crippen LogP contribution in [0.5, 0.6) is 5.88 Å². The minimum atomic E-state index is -0.963. The van der Waals surface area contributed by atoms with E-state index in [4.69, 9.17) is 4.74 Å². The second kappa shape index (κ2) is 5.24. The van der Waals surface area contributed by atoms with Gasteiger partial charge in [0.2, 0.25) is 5.88 Å². The van der Waals surface area contributed by atoms with Crippen LogP contribution in [0.1, 0.15) is 15.9 Å². The van der Waals surface area contributed by atoms with Crippen molar-refractivity contribution in [2.24, 2.45) is 0 Å². The highest BCUT2D eigenvalue weighted by Crippen LogP contribution is 2.20. The number of para-hydroxylation sites is 1. The topological polar surface area (TPSA) is 77.2 Å². The van der Waals surface area contributed by atoms with E-state index in [1.165, 1.54) is 0 Å². The summed E-state index contributed by atoms with van der Waals surface area (Å²) in [4.78, 5) is 19.7. The summed E-state index contributed by atoms with van der Waals surface area (Å²) in [6.45, 7) is 0.500. The first kappa shape index (κ1) is 13.1. The molecule has 0 atom stereocenters. The van der Waals surface area contributed by atoms with Crippen molar-refractivity contribution in [2.45, 2.75) is 6.54 Å². The second-order valence-corrected chi connectivity index (χ2v) is 4.56. The average Bonchev–Trinajstić information content (AvgIpc) is 2.90. The van der Waals surface area contributed by atoms with Crippen molar-refractivity contribution in [3.8, 4) is 5.88 Å². The predicted octanol–water partition coefficient (Wildman–Crippen LogP) is 2.19. The van der Waals surface area contributed by atoms with Crippen molar-refractivity contribution < 1.29 is 14.6 Å². The van der Waals surface area contributed by atoms with E-state index in [0.717, 1.165) is 5.56 Å². The van der Waals surface area contributed by atoms with Crippen molar-refractivity contribution in [2.75, 3.05) is 7.11 Å². The number of imidazole rings is 1. The van der Waals surface area contributed by atoms with Crippen molar-refractivity contribution in [1.29, 1.82) is 0 Å². The van der Waals surface area contributed by atoms with Gasteiger partial charge in [0.25, 0.3) is 0 Å². The number of methoxy groups -OCH3 is 1. The van der Waals surface area contributed by atoms with Gasteiger partial charge in [-0.05, 0) is 23.8 Å². The number of fused-ring (bicyclic) bond motifs is 1. The van der Waals surface area contributed by atoms with E-state index in [0.29, 0.717) is 23.5 Å². The van der Waals surface area contributed by atoms with E-state index >= 15 is 0 Å². The SMILES string of the molecule is COc1cc(Cn2cnc3cccc(C(=O)O)c32)ccn1. The third kappa shape index (κ3) is 2.43. The average molecular weight is 283 g/mol. The van der Waals surface area contributed by atoms with Crippen molar-refractivity contribution in [1.82, 2.24) is 14.5 Å². The number of rotatable bonds is 4. The Hall–Kier alpha value is -2.89. The van der Waals surface area contributed by atoms with Gasteiger partial charge in [-0.25, -0.2) is 14.8 Å². The molecule has 0 amide bonds. The predicted molar refractivity (Wildman–Crippen MR) is 76.6 cm³/mol. The molecule has 0 fully saturated rings. The second-order valence-electron chi connectivity index (χ2n) is 4.56. The smallest absolute Gasteiger partial charge is 0.337 e. The van der Waals surface area contributed by atoms with Crippen LogP contribution in [-0.4, -0.2) is 32.7 Å². The van der Waals surface area contributed by atoms with Gasteiger partial charge in [0.1, 0.15) is 0 Å². The van der Waals surface area contributed by atoms with E-state index < -0.39 is 5.97 Å². The van der Waals surface area contributed by atoms with Crippen molar-refractivity contribution in [3.05, 3.63) is 54.0 Å². The minimum absolute atomic E-state index is 0.242. The Labute approximate surface area is 120 Å². The van der Waals surface area contributed by atoms with Gasteiger partial charge in [-0.1, -0.05) is 6.07 Å². The fourth-order valence-corrected chi connectivity index (χ4v) is 2.28. The molecule has 1 N–H and O–H groups in total. The van der Waals surface area contributed by atoms with Gasteiger partial charge in [-0.2, -0.15) is 0 Å². The third-order valence-corrected chi connectivity index (χ3v) is 3.23. The van der Waals surface area contributed by atoms with E-state index in [1.54, 1.807) is 37.8 Å². The molecule has 0 aliphatic rings. The monoisotopic (exact) mass is 283 g/mol. The number of hydrogen-bond acceptors (Lipinski definition) is 4. The lowest BCUT2D eigenvalue weighted by atomic mass is 10.1. The Morgan fingerprint density at radius 1 is 1.33 bits per heavy atom. The van der Waals surface area contributed by atoms with E-state index in [-0.39, 0.29) is 5.56 Å². The zero-order valence-electron chi connectivity index (χ0n) is 11.4. The van der Waals surface area contributed by atoms with Crippen LogP contribution in [0, 0.1) is 0 Å². The lowest BCUT2D eigenvalue weighted by Gasteiger charge is -2.07. The van der Waals surface area contributed by atoms with Crippen LogP contribution in [-0.2, 0) is 6.54 Å². The fraction of sp³-hybridized carbons (Fsp3) is 0.133. The summed E-state index contributed by atoms with van der Waals surface area (Å²) in [5.74, 6) is -0.440. The third-order valence-electron chi connectivity index (χ3n) is 3.23. The number of pyridine rings is 1. The minimum Gasteiger partial charge on any atom is -0.481 e. The van der Waals surface area contributed by atoms with Gasteiger partial charge in [0.15, 0.2) is 0 Å². The Balaban J connectivity index is 2.06. The van der Waals surface area contributed by atoms with Crippen LogP contribution in [0.4, 0.5) is 0 Å². The lowest BCUT2D eigenvalue weighted by Crippen LogP contribution is -2.04. The van der Waals surface area contributed by atoms with Crippen molar-refractivity contribution in [3.63, 3.8) is 0 Å². The van der Waals surface area contributed by atoms with E-state index in [1.807, 2.05) is 16.7 Å². The van der Waals surface area contributed by atoms with Gasteiger partial charge in [-0.3, -0.25) is 0 Å². The number of aromatic carboxylic acids is 1. The van der Waals surface area contributed by atoms with Gasteiger partial charge in [0.05, 0.1) is 30.0 Å². The van der Waals surface area contributed by atoms with Crippen LogP contribution in [0.25, 0.3) is 11.0 Å². The van der Waals surface area contributed by atoms with Crippen LogP contribution in [0.3, 0.4) is 0 Å². The largest absolute Gasteiger partial charge is 0.481 e. The Bertz CT molecular complexity index is 811. The molecule has 2 aromatic heterocycles. The molecule has 3 rings (SSSR count). The molecule has 0 radical (unpaired) electrons. The van der Waals surface area contributed by atoms with Crippen LogP contribution in [0.2, 0.25) is 0 Å². The maximum absolute atomic E-state index is 11.3. The molecule has 1 aromatic carbocycles. The Kier molecular flexibility index (Phi) is 3.27. The molecule has 0 bridgehead atoms. The molecule has 106 valence electrons. The summed E-state index contributed by atoms with van der Waals surface area (Å²) in [6, 6.07) is 8.74. The molecular formula is C15H13N3O3. The number of benzene rings is 1. The van der Waals surface area contributed by atoms with Crippen LogP contribution >= 0.6 is 0 Å². The summed E-state index contributed by atoms with van der Waals surface area (Å²) < 4.78 is 6.91. The quantitative estimate of drug-likeness (QED) is 0.794. The first-order valence-corrected chi connectivity index (χ1v) is 6.35. The lowest BCUT2D eigenvalue weighted by molar-refractivity contribution is 0.0698. The number of carboxylic acids is 1. The normalized spacial score (nSPS) is 10.7. The summed E-state index contributed by atoms with van der Waals surface area (Å²) in [7, 11) is 1.56. The van der Waals surface area contributed by atoms with Crippen LogP contribution in [0.15, 0.2) is 42.9 Å². The number of carboxylic acid groups (broad SMARTS) is 1. The molecule has 3 aromatic rings. The molecule has 2 heterocycles. The number of ether oxygens (including phenoxy) is 1. The number of carbonyl (C=O) groups is 1. The highest BCUT2D eigenvalue weighted by Gasteiger charge is 2.13. The van der Waals surface area contributed by atoms with Crippen molar-refractivity contribution >= 4 is 17.0 Å². The maximum Gasteiger partial charge on any atom is 0.337 e. The van der Waals surface area contributed by atoms with E-state index in [9.17, 15) is 9.90 Å². The number of hydrogen-bond donors (Lipinski definition) is 1. The standard InChI is InChI=1S/C15H13N3O3/c1-21-13-7-10(5-6-16-13)8-18-9-17-12-4-2-3-11(14(12)18)15(19)20/h2-7,9H,8H2,1H3,(H,19,20). The van der Waals surface area contributed by atoms with Gasteiger partial charge < -0.3 is 14.4 Å². The molecule has 0 spiro atoms.